The van der Waals surface area contributed by atoms with Gasteiger partial charge in [0.2, 0.25) is 0 Å². The van der Waals surface area contributed by atoms with E-state index in [4.69, 9.17) is 18.9 Å². The lowest BCUT2D eigenvalue weighted by molar-refractivity contribution is -0.351. The fraction of sp³-hybridized carbons (Fsp3) is 0.422. The third-order valence-electron chi connectivity index (χ3n) is 12.8. The molecule has 3 aromatic carbocycles. The van der Waals surface area contributed by atoms with Crippen molar-refractivity contribution in [1.29, 1.82) is 0 Å². The van der Waals surface area contributed by atoms with Gasteiger partial charge in [0.1, 0.15) is 23.9 Å². The average molecular weight is 765 g/mol. The van der Waals surface area contributed by atoms with E-state index in [1.54, 1.807) is 75.4 Å². The van der Waals surface area contributed by atoms with Crippen LogP contribution in [0.15, 0.2) is 102 Å². The standard InChI is InChI=1S/C45H48O11/c1-26-32(55-35(48)21-18-28-16-19-31(20-17-28)37(49)30-14-10-7-11-15-30)23-45(52)41(53-24-29-12-8-6-9-13-29)39-43(5,40(51)38(50)36(26)42(45,3)4)33(47)22-34-44(39,25-54-34)56-27(2)46/h6-21,32-34,38-39,41,47,50,52H,22-25H2,1-5H3/b21-18+/t32-,33-,34+,38+,39-,41-,43+,44-,45+/m0/s1. The number of benzene rings is 3. The molecule has 7 rings (SSSR count). The van der Waals surface area contributed by atoms with E-state index in [1.807, 2.05) is 36.4 Å². The normalized spacial score (nSPS) is 33.3. The van der Waals surface area contributed by atoms with Crippen molar-refractivity contribution in [2.45, 2.75) is 95.8 Å². The Kier molecular flexibility index (Phi) is 10.3. The van der Waals surface area contributed by atoms with Crippen LogP contribution >= 0.6 is 0 Å². The van der Waals surface area contributed by atoms with Gasteiger partial charge in [-0.2, -0.15) is 0 Å². The van der Waals surface area contributed by atoms with Gasteiger partial charge in [-0.05, 0) is 42.2 Å². The summed E-state index contributed by atoms with van der Waals surface area (Å²) in [5.41, 5.74) is -3.63. The van der Waals surface area contributed by atoms with Crippen molar-refractivity contribution < 1.29 is 53.4 Å². The molecule has 0 amide bonds. The number of ketones is 2. The molecule has 56 heavy (non-hydrogen) atoms. The lowest BCUT2D eigenvalue weighted by atomic mass is 9.44. The highest BCUT2D eigenvalue weighted by Crippen LogP contribution is 2.64. The highest BCUT2D eigenvalue weighted by atomic mass is 16.6. The SMILES string of the molecule is CC(=O)O[C@@]12CO[C@@H]1C[C@H](O)[C@@]1(C)C(=O)[C@H](O)C3=C(C)[C@@H](OC(=O)/C=C/c4ccc(C(=O)c5ccccc5)cc4)C[C@@](O)([C@@H](OCc4ccccc4)[C@H]21)C3(C)C. The fourth-order valence-corrected chi connectivity index (χ4v) is 9.69. The number of aliphatic hydroxyl groups excluding tert-OH is 2. The van der Waals surface area contributed by atoms with Gasteiger partial charge in [-0.1, -0.05) is 98.8 Å². The Balaban J connectivity index is 1.26. The molecule has 294 valence electrons. The van der Waals surface area contributed by atoms with Crippen molar-refractivity contribution in [1.82, 2.24) is 0 Å². The molecule has 1 heterocycles. The highest BCUT2D eigenvalue weighted by molar-refractivity contribution is 6.09. The summed E-state index contributed by atoms with van der Waals surface area (Å²) in [4.78, 5) is 54.0. The molecule has 2 bridgehead atoms. The van der Waals surface area contributed by atoms with Crippen molar-refractivity contribution in [2.75, 3.05) is 6.61 Å². The molecule has 3 fully saturated rings. The van der Waals surface area contributed by atoms with E-state index in [1.165, 1.54) is 19.9 Å². The third-order valence-corrected chi connectivity index (χ3v) is 12.8. The summed E-state index contributed by atoms with van der Waals surface area (Å²) in [5, 5.41) is 37.3. The number of aliphatic hydroxyl groups is 3. The number of carbonyl (C=O) groups is 4. The molecule has 3 N–H and O–H groups in total. The van der Waals surface area contributed by atoms with Gasteiger partial charge in [0.15, 0.2) is 17.2 Å². The second-order valence-corrected chi connectivity index (χ2v) is 16.3. The highest BCUT2D eigenvalue weighted by Gasteiger charge is 2.77. The molecule has 0 radical (unpaired) electrons. The fourth-order valence-electron chi connectivity index (χ4n) is 9.69. The second kappa shape index (κ2) is 14.6. The zero-order valence-electron chi connectivity index (χ0n) is 32.1. The first-order chi connectivity index (χ1) is 26.5. The maximum absolute atomic E-state index is 14.9. The lowest BCUT2D eigenvalue weighted by Gasteiger charge is -2.67. The van der Waals surface area contributed by atoms with Crippen LogP contribution in [0, 0.1) is 16.7 Å². The molecule has 1 saturated heterocycles. The van der Waals surface area contributed by atoms with E-state index in [9.17, 15) is 34.5 Å². The van der Waals surface area contributed by atoms with E-state index in [0.29, 0.717) is 22.3 Å². The predicted octanol–water partition coefficient (Wildman–Crippen LogP) is 4.94. The van der Waals surface area contributed by atoms with Crippen molar-refractivity contribution >= 4 is 29.6 Å². The van der Waals surface area contributed by atoms with Crippen LogP contribution in [0.5, 0.6) is 0 Å². The first-order valence-corrected chi connectivity index (χ1v) is 18.9. The zero-order chi connectivity index (χ0) is 40.2. The minimum absolute atomic E-state index is 0.0219. The molecule has 0 spiro atoms. The molecule has 11 nitrogen and oxygen atoms in total. The summed E-state index contributed by atoms with van der Waals surface area (Å²) >= 11 is 0. The quantitative estimate of drug-likeness (QED) is 0.117. The molecule has 0 aromatic heterocycles. The minimum atomic E-state index is -1.98. The minimum Gasteiger partial charge on any atom is -0.455 e. The van der Waals surface area contributed by atoms with Crippen LogP contribution in [0.1, 0.15) is 74.5 Å². The second-order valence-electron chi connectivity index (χ2n) is 16.3. The molecule has 9 atom stereocenters. The predicted molar refractivity (Wildman–Crippen MR) is 204 cm³/mol. The van der Waals surface area contributed by atoms with Gasteiger partial charge in [0, 0.05) is 48.3 Å². The number of rotatable bonds is 9. The molecular weight excluding hydrogens is 716 g/mol. The smallest absolute Gasteiger partial charge is 0.331 e. The van der Waals surface area contributed by atoms with E-state index < -0.39 is 76.2 Å². The molecule has 3 aliphatic carbocycles. The van der Waals surface area contributed by atoms with E-state index in [-0.39, 0.29) is 37.4 Å². The Morgan fingerprint density at radius 3 is 2.14 bits per heavy atom. The number of esters is 2. The number of hydrogen-bond acceptors (Lipinski definition) is 11. The van der Waals surface area contributed by atoms with Gasteiger partial charge in [0.25, 0.3) is 0 Å². The van der Waals surface area contributed by atoms with Gasteiger partial charge in [-0.15, -0.1) is 0 Å². The van der Waals surface area contributed by atoms with Crippen LogP contribution in [0.4, 0.5) is 0 Å². The van der Waals surface area contributed by atoms with Crippen LogP contribution in [0.2, 0.25) is 0 Å². The van der Waals surface area contributed by atoms with E-state index in [0.717, 1.165) is 5.56 Å². The first kappa shape index (κ1) is 39.5. The zero-order valence-corrected chi connectivity index (χ0v) is 32.1. The van der Waals surface area contributed by atoms with Crippen LogP contribution in [-0.4, -0.2) is 87.2 Å². The summed E-state index contributed by atoms with van der Waals surface area (Å²) in [6.07, 6.45) is -3.93. The van der Waals surface area contributed by atoms with E-state index in [2.05, 4.69) is 0 Å². The summed E-state index contributed by atoms with van der Waals surface area (Å²) in [7, 11) is 0. The lowest BCUT2D eigenvalue weighted by Crippen LogP contribution is -2.81. The molecule has 4 aliphatic rings. The Morgan fingerprint density at radius 2 is 1.54 bits per heavy atom. The number of hydrogen-bond donors (Lipinski definition) is 3. The van der Waals surface area contributed by atoms with Gasteiger partial charge >= 0.3 is 11.9 Å². The monoisotopic (exact) mass is 764 g/mol. The number of carbonyl (C=O) groups excluding carboxylic acids is 4. The van der Waals surface area contributed by atoms with E-state index >= 15 is 0 Å². The molecule has 0 unspecified atom stereocenters. The Hall–Kier alpha value is -4.78. The van der Waals surface area contributed by atoms with Gasteiger partial charge in [0.05, 0.1) is 30.8 Å². The Labute approximate surface area is 325 Å². The molecular formula is C45H48O11. The van der Waals surface area contributed by atoms with Gasteiger partial charge in [-0.25, -0.2) is 4.79 Å². The van der Waals surface area contributed by atoms with Gasteiger partial charge < -0.3 is 34.3 Å². The van der Waals surface area contributed by atoms with Crippen LogP contribution in [0.25, 0.3) is 6.08 Å². The maximum Gasteiger partial charge on any atom is 0.331 e. The number of fused-ring (bicyclic) bond motifs is 5. The topological polar surface area (TPSA) is 166 Å². The number of Topliss-reactive ketones (excluding diaryl/α,β-unsaturated/α-hetero) is 1. The van der Waals surface area contributed by atoms with Crippen molar-refractivity contribution in [3.8, 4) is 0 Å². The number of ether oxygens (including phenoxy) is 4. The molecule has 2 saturated carbocycles. The average Bonchev–Trinajstić information content (AvgIpc) is 3.17. The van der Waals surface area contributed by atoms with Gasteiger partial charge in [-0.3, -0.25) is 14.4 Å². The van der Waals surface area contributed by atoms with Crippen LogP contribution in [0.3, 0.4) is 0 Å². The molecule has 1 aliphatic heterocycles. The van der Waals surface area contributed by atoms with Crippen molar-refractivity contribution in [3.05, 3.63) is 124 Å². The third kappa shape index (κ3) is 6.35. The van der Waals surface area contributed by atoms with Crippen LogP contribution in [-0.2, 0) is 39.9 Å². The Morgan fingerprint density at radius 1 is 0.911 bits per heavy atom. The molecule has 11 heteroatoms. The van der Waals surface area contributed by atoms with Crippen molar-refractivity contribution in [2.24, 2.45) is 16.7 Å². The summed E-state index contributed by atoms with van der Waals surface area (Å²) < 4.78 is 24.7. The summed E-state index contributed by atoms with van der Waals surface area (Å²) in [6.45, 7) is 7.71. The first-order valence-electron chi connectivity index (χ1n) is 18.9. The van der Waals surface area contributed by atoms with Crippen molar-refractivity contribution in [3.63, 3.8) is 0 Å². The maximum atomic E-state index is 14.9. The largest absolute Gasteiger partial charge is 0.455 e. The summed E-state index contributed by atoms with van der Waals surface area (Å²) in [5.74, 6) is -3.46. The Bertz CT molecular complexity index is 2070. The summed E-state index contributed by atoms with van der Waals surface area (Å²) in [6, 6.07) is 24.9. The van der Waals surface area contributed by atoms with Crippen LogP contribution < -0.4 is 0 Å². The molecule has 3 aromatic rings.